The highest BCUT2D eigenvalue weighted by Crippen LogP contribution is 2.17. The topological polar surface area (TPSA) is 18.5 Å². The molecule has 0 saturated heterocycles. The summed E-state index contributed by atoms with van der Waals surface area (Å²) in [6.45, 7) is 7.69. The van der Waals surface area contributed by atoms with Crippen molar-refractivity contribution in [1.82, 2.24) is 0 Å². The van der Waals surface area contributed by atoms with Crippen molar-refractivity contribution < 1.29 is 14.2 Å². The minimum absolute atomic E-state index is 0.570. The van der Waals surface area contributed by atoms with Crippen LogP contribution in [0, 0.1) is 5.92 Å². The summed E-state index contributed by atoms with van der Waals surface area (Å²) in [4.78, 5) is 6.31. The van der Waals surface area contributed by atoms with Gasteiger partial charge in [0.05, 0.1) is 7.05 Å². The Kier molecular flexibility index (Phi) is 10.1. The molecule has 0 N–H and O–H groups in total. The van der Waals surface area contributed by atoms with Crippen molar-refractivity contribution >= 4 is 0 Å². The van der Waals surface area contributed by atoms with Gasteiger partial charge < -0.3 is 4.74 Å². The number of nitrogens with zero attached hydrogens (tertiary/aromatic N) is 1. The van der Waals surface area contributed by atoms with Crippen LogP contribution in [0.3, 0.4) is 0 Å². The van der Waals surface area contributed by atoms with Gasteiger partial charge in [-0.05, 0) is 30.9 Å². The second-order valence-corrected chi connectivity index (χ2v) is 8.26. The fraction of sp³-hybridized carbons (Fsp3) is 0.520. The first-order valence-electron chi connectivity index (χ1n) is 10.8. The van der Waals surface area contributed by atoms with Gasteiger partial charge in [-0.15, -0.1) is 0 Å². The number of quaternary nitrogens is 1. The number of para-hydroxylation sites is 1. The van der Waals surface area contributed by atoms with E-state index in [-0.39, 0.29) is 0 Å². The van der Waals surface area contributed by atoms with Gasteiger partial charge in [-0.1, -0.05) is 81.6 Å². The predicted octanol–water partition coefficient (Wildman–Crippen LogP) is 6.25. The molecule has 0 saturated carbocycles. The lowest BCUT2D eigenvalue weighted by Crippen LogP contribution is -2.44. The maximum atomic E-state index is 6.31. The van der Waals surface area contributed by atoms with E-state index in [2.05, 4.69) is 51.2 Å². The van der Waals surface area contributed by atoms with Crippen LogP contribution in [-0.4, -0.2) is 31.5 Å². The molecule has 0 spiro atoms. The van der Waals surface area contributed by atoms with Crippen LogP contribution in [0.15, 0.2) is 60.7 Å². The number of benzene rings is 2. The second kappa shape index (κ2) is 12.6. The van der Waals surface area contributed by atoms with E-state index < -0.39 is 0 Å². The minimum Gasteiger partial charge on any atom is -0.491 e. The first kappa shape index (κ1) is 22.4. The Bertz CT molecular complexity index is 630. The minimum atomic E-state index is 0.570. The van der Waals surface area contributed by atoms with E-state index in [0.717, 1.165) is 24.8 Å². The highest BCUT2D eigenvalue weighted by molar-refractivity contribution is 5.20. The van der Waals surface area contributed by atoms with Crippen LogP contribution in [0.2, 0.25) is 0 Å². The largest absolute Gasteiger partial charge is 0.491 e. The van der Waals surface area contributed by atoms with Gasteiger partial charge in [-0.25, -0.2) is 0 Å². The molecule has 2 rings (SSSR count). The Morgan fingerprint density at radius 1 is 0.786 bits per heavy atom. The molecule has 2 aromatic carbocycles. The van der Waals surface area contributed by atoms with E-state index in [1.165, 1.54) is 37.7 Å². The first-order valence-corrected chi connectivity index (χ1v) is 10.8. The van der Waals surface area contributed by atoms with Crippen LogP contribution in [0.1, 0.15) is 51.5 Å². The number of hydroxylamine groups is 3. The predicted molar refractivity (Wildman–Crippen MR) is 117 cm³/mol. The summed E-state index contributed by atoms with van der Waals surface area (Å²) in [7, 11) is 2.20. The lowest BCUT2D eigenvalue weighted by molar-refractivity contribution is -1.10. The third-order valence-electron chi connectivity index (χ3n) is 5.02. The van der Waals surface area contributed by atoms with Crippen LogP contribution in [0.5, 0.6) is 5.75 Å². The first-order chi connectivity index (χ1) is 13.6. The van der Waals surface area contributed by atoms with Crippen LogP contribution in [0.4, 0.5) is 0 Å². The fourth-order valence-corrected chi connectivity index (χ4v) is 3.45. The van der Waals surface area contributed by atoms with E-state index >= 15 is 0 Å². The van der Waals surface area contributed by atoms with Crippen molar-refractivity contribution in [3.05, 3.63) is 66.2 Å². The van der Waals surface area contributed by atoms with E-state index in [0.29, 0.717) is 17.9 Å². The Morgan fingerprint density at radius 2 is 1.43 bits per heavy atom. The van der Waals surface area contributed by atoms with Crippen molar-refractivity contribution in [3.63, 3.8) is 0 Å². The molecule has 0 heterocycles. The summed E-state index contributed by atoms with van der Waals surface area (Å²) in [6.07, 6.45) is 6.47. The molecule has 0 aliphatic heterocycles. The molecule has 28 heavy (non-hydrogen) atoms. The lowest BCUT2D eigenvalue weighted by Gasteiger charge is -2.31. The van der Waals surface area contributed by atoms with Crippen molar-refractivity contribution in [2.45, 2.75) is 52.5 Å². The highest BCUT2D eigenvalue weighted by Gasteiger charge is 2.24. The van der Waals surface area contributed by atoms with Gasteiger partial charge in [-0.2, -0.15) is 9.48 Å². The Hall–Kier alpha value is -1.84. The number of unbranched alkanes of at least 4 members (excludes halogenated alkanes) is 3. The zero-order valence-electron chi connectivity index (χ0n) is 18.0. The molecular weight excluding hydrogens is 346 g/mol. The third kappa shape index (κ3) is 9.38. The van der Waals surface area contributed by atoms with Gasteiger partial charge >= 0.3 is 0 Å². The molecular formula is C25H38NO2+. The van der Waals surface area contributed by atoms with E-state index in [4.69, 9.17) is 9.57 Å². The van der Waals surface area contributed by atoms with Crippen LogP contribution in [0.25, 0.3) is 0 Å². The van der Waals surface area contributed by atoms with Gasteiger partial charge in [0.25, 0.3) is 0 Å². The average Bonchev–Trinajstić information content (AvgIpc) is 2.69. The summed E-state index contributed by atoms with van der Waals surface area (Å²) in [5, 5.41) is 0. The van der Waals surface area contributed by atoms with Crippen molar-refractivity contribution in [2.24, 2.45) is 5.92 Å². The molecule has 0 fully saturated rings. The van der Waals surface area contributed by atoms with Gasteiger partial charge in [-0.3, -0.25) is 0 Å². The second-order valence-electron chi connectivity index (χ2n) is 8.26. The Morgan fingerprint density at radius 3 is 2.11 bits per heavy atom. The SMILES string of the molecule is CC(C)CCCCCC[N+](C)(Cc1ccccc1)OCCOc1ccccc1. The molecule has 0 aromatic heterocycles. The highest BCUT2D eigenvalue weighted by atomic mass is 16.7. The van der Waals surface area contributed by atoms with Crippen LogP contribution >= 0.6 is 0 Å². The number of ether oxygens (including phenoxy) is 1. The fourth-order valence-electron chi connectivity index (χ4n) is 3.45. The third-order valence-corrected chi connectivity index (χ3v) is 5.02. The number of hydrogen-bond acceptors (Lipinski definition) is 2. The van der Waals surface area contributed by atoms with Gasteiger partial charge in [0, 0.05) is 5.56 Å². The molecule has 1 unspecified atom stereocenters. The number of rotatable bonds is 14. The smallest absolute Gasteiger partial charge is 0.140 e. The molecule has 0 amide bonds. The summed E-state index contributed by atoms with van der Waals surface area (Å²) in [6, 6.07) is 20.6. The molecule has 0 aliphatic rings. The Labute approximate surface area is 171 Å². The van der Waals surface area contributed by atoms with Crippen molar-refractivity contribution in [3.8, 4) is 5.75 Å². The van der Waals surface area contributed by atoms with Crippen LogP contribution < -0.4 is 4.74 Å². The van der Waals surface area contributed by atoms with E-state index in [1.54, 1.807) is 0 Å². The summed E-state index contributed by atoms with van der Waals surface area (Å²) in [5.74, 6) is 1.71. The molecule has 3 nitrogen and oxygen atoms in total. The molecule has 0 aliphatic carbocycles. The van der Waals surface area contributed by atoms with Gasteiger partial charge in [0.2, 0.25) is 0 Å². The zero-order valence-corrected chi connectivity index (χ0v) is 18.0. The summed E-state index contributed by atoms with van der Waals surface area (Å²) >= 11 is 0. The monoisotopic (exact) mass is 384 g/mol. The van der Waals surface area contributed by atoms with Gasteiger partial charge in [0.1, 0.15) is 32.1 Å². The maximum absolute atomic E-state index is 6.31. The Balaban J connectivity index is 1.79. The van der Waals surface area contributed by atoms with E-state index in [1.807, 2.05) is 30.3 Å². The summed E-state index contributed by atoms with van der Waals surface area (Å²) < 4.78 is 6.40. The standard InChI is InChI=1S/C25H38NO2/c1-23(2)14-8-4-5-13-19-26(3,22-24-15-9-6-10-16-24)28-21-20-27-25-17-11-7-12-18-25/h6-7,9-12,15-18,23H,4-5,8,13-14,19-22H2,1-3H3/q+1. The molecule has 0 bridgehead atoms. The molecule has 1 atom stereocenters. The van der Waals surface area contributed by atoms with Gasteiger partial charge in [0.15, 0.2) is 0 Å². The molecule has 154 valence electrons. The van der Waals surface area contributed by atoms with Crippen LogP contribution in [-0.2, 0) is 11.4 Å². The van der Waals surface area contributed by atoms with Crippen molar-refractivity contribution in [2.75, 3.05) is 26.8 Å². The number of hydrogen-bond donors (Lipinski definition) is 0. The lowest BCUT2D eigenvalue weighted by atomic mass is 10.0. The average molecular weight is 385 g/mol. The zero-order chi connectivity index (χ0) is 20.1. The van der Waals surface area contributed by atoms with E-state index in [9.17, 15) is 0 Å². The molecule has 0 radical (unpaired) electrons. The molecule has 2 aromatic rings. The van der Waals surface area contributed by atoms with Crippen molar-refractivity contribution in [1.29, 1.82) is 0 Å². The summed E-state index contributed by atoms with van der Waals surface area (Å²) in [5.41, 5.74) is 1.31. The quantitative estimate of drug-likeness (QED) is 0.218. The maximum Gasteiger partial charge on any atom is 0.140 e. The normalized spacial score (nSPS) is 13.4. The molecule has 3 heteroatoms.